The summed E-state index contributed by atoms with van der Waals surface area (Å²) in [5.74, 6) is -1.13. The van der Waals surface area contributed by atoms with Gasteiger partial charge in [-0.1, -0.05) is 0 Å². The number of hydrogen-bond donors (Lipinski definition) is 5. The molecule has 0 saturated carbocycles. The second-order valence-corrected chi connectivity index (χ2v) is 4.55. The van der Waals surface area contributed by atoms with E-state index in [0.29, 0.717) is 0 Å². The number of benzene rings is 1. The molecule has 0 amide bonds. The maximum Gasteiger partial charge on any atom is 0.294 e. The van der Waals surface area contributed by atoms with Crippen molar-refractivity contribution in [1.29, 1.82) is 0 Å². The maximum atomic E-state index is 10.8. The van der Waals surface area contributed by atoms with Gasteiger partial charge in [-0.2, -0.15) is 13.4 Å². The summed E-state index contributed by atoms with van der Waals surface area (Å²) in [6.07, 6.45) is 0. The number of phenolic OH excluding ortho intramolecular Hbond substituents is 1. The molecule has 18 heavy (non-hydrogen) atoms. The maximum absolute atomic E-state index is 10.8. The monoisotopic (exact) mass is 273 g/mol. The fourth-order valence-electron chi connectivity index (χ4n) is 1.04. The molecule has 1 aromatic carbocycles. The Labute approximate surface area is 102 Å². The highest BCUT2D eigenvalue weighted by Gasteiger charge is 2.12. The van der Waals surface area contributed by atoms with E-state index in [2.05, 4.69) is 9.98 Å². The average Bonchev–Trinajstić information content (AvgIpc) is 2.18. The van der Waals surface area contributed by atoms with Crippen molar-refractivity contribution in [3.63, 3.8) is 0 Å². The highest BCUT2D eigenvalue weighted by atomic mass is 32.2. The predicted molar refractivity (Wildman–Crippen MR) is 65.0 cm³/mol. The van der Waals surface area contributed by atoms with E-state index in [1.165, 1.54) is 0 Å². The van der Waals surface area contributed by atoms with Gasteiger partial charge in [-0.25, -0.2) is 4.99 Å². The number of aliphatic imine (C=N–C) groups is 2. The SMILES string of the molecule is NC(N)=NC(N)=Nc1ccc(S(=O)(=O)O)cc1O. The van der Waals surface area contributed by atoms with Gasteiger partial charge in [0.05, 0.1) is 4.90 Å². The Morgan fingerprint density at radius 3 is 2.28 bits per heavy atom. The Balaban J connectivity index is 3.19. The number of nitrogens with zero attached hydrogens (tertiary/aromatic N) is 2. The van der Waals surface area contributed by atoms with E-state index >= 15 is 0 Å². The first-order valence-electron chi connectivity index (χ1n) is 4.44. The third-order valence-corrected chi connectivity index (χ3v) is 2.57. The Bertz CT molecular complexity index is 618. The van der Waals surface area contributed by atoms with Gasteiger partial charge in [0.1, 0.15) is 11.4 Å². The van der Waals surface area contributed by atoms with Crippen LogP contribution in [-0.4, -0.2) is 30.0 Å². The highest BCUT2D eigenvalue weighted by Crippen LogP contribution is 2.28. The van der Waals surface area contributed by atoms with Crippen LogP contribution in [0.5, 0.6) is 5.75 Å². The third-order valence-electron chi connectivity index (χ3n) is 1.72. The highest BCUT2D eigenvalue weighted by molar-refractivity contribution is 7.85. The number of aromatic hydroxyl groups is 1. The van der Waals surface area contributed by atoms with Gasteiger partial charge in [0.25, 0.3) is 10.1 Å². The lowest BCUT2D eigenvalue weighted by Crippen LogP contribution is -2.26. The van der Waals surface area contributed by atoms with Crippen LogP contribution in [-0.2, 0) is 10.1 Å². The van der Waals surface area contributed by atoms with Crippen LogP contribution < -0.4 is 17.2 Å². The summed E-state index contributed by atoms with van der Waals surface area (Å²) < 4.78 is 30.3. The van der Waals surface area contributed by atoms with Crippen molar-refractivity contribution in [3.05, 3.63) is 18.2 Å². The van der Waals surface area contributed by atoms with Gasteiger partial charge in [0, 0.05) is 6.07 Å². The molecule has 0 saturated heterocycles. The van der Waals surface area contributed by atoms with E-state index in [-0.39, 0.29) is 17.6 Å². The van der Waals surface area contributed by atoms with E-state index in [1.807, 2.05) is 0 Å². The molecule has 0 aliphatic rings. The van der Waals surface area contributed by atoms with Crippen LogP contribution in [0.3, 0.4) is 0 Å². The summed E-state index contributed by atoms with van der Waals surface area (Å²) in [5, 5.41) is 9.49. The molecule has 0 heterocycles. The molecule has 0 spiro atoms. The fourth-order valence-corrected chi connectivity index (χ4v) is 1.54. The average molecular weight is 273 g/mol. The Morgan fingerprint density at radius 1 is 1.22 bits per heavy atom. The van der Waals surface area contributed by atoms with Crippen LogP contribution in [0.25, 0.3) is 0 Å². The molecule has 0 atom stereocenters. The minimum atomic E-state index is -4.40. The second-order valence-electron chi connectivity index (χ2n) is 3.13. The minimum Gasteiger partial charge on any atom is -0.506 e. The molecule has 0 aromatic heterocycles. The number of rotatable bonds is 2. The molecule has 1 rings (SSSR count). The van der Waals surface area contributed by atoms with Crippen LogP contribution in [0.4, 0.5) is 5.69 Å². The molecule has 0 radical (unpaired) electrons. The van der Waals surface area contributed by atoms with Crippen molar-refractivity contribution >= 4 is 27.7 Å². The van der Waals surface area contributed by atoms with Crippen LogP contribution in [0.2, 0.25) is 0 Å². The van der Waals surface area contributed by atoms with E-state index in [9.17, 15) is 13.5 Å². The lowest BCUT2D eigenvalue weighted by molar-refractivity contribution is 0.467. The summed E-state index contributed by atoms with van der Waals surface area (Å²) in [6, 6.07) is 2.99. The van der Waals surface area contributed by atoms with Crippen LogP contribution >= 0.6 is 0 Å². The van der Waals surface area contributed by atoms with Crippen LogP contribution in [0.15, 0.2) is 33.1 Å². The fraction of sp³-hybridized carbons (Fsp3) is 0. The summed E-state index contributed by atoms with van der Waals surface area (Å²) in [4.78, 5) is 6.58. The van der Waals surface area contributed by atoms with Crippen molar-refractivity contribution in [3.8, 4) is 5.75 Å². The standard InChI is InChI=1S/C8H11N5O4S/c9-7(10)13-8(11)12-5-2-1-4(3-6(5)14)18(15,16)17/h1-3,14H,(H,15,16,17)(H6,9,10,11,12,13). The predicted octanol–water partition coefficient (Wildman–Crippen LogP) is -1.14. The van der Waals surface area contributed by atoms with Gasteiger partial charge >= 0.3 is 0 Å². The first-order chi connectivity index (χ1) is 8.20. The summed E-state index contributed by atoms with van der Waals surface area (Å²) in [5.41, 5.74) is 15.4. The molecule has 0 aliphatic carbocycles. The molecule has 8 N–H and O–H groups in total. The van der Waals surface area contributed by atoms with E-state index in [4.69, 9.17) is 21.8 Å². The Hall–Kier alpha value is -2.33. The molecular formula is C8H11N5O4S. The van der Waals surface area contributed by atoms with Gasteiger partial charge in [-0.15, -0.1) is 0 Å². The Morgan fingerprint density at radius 2 is 1.83 bits per heavy atom. The summed E-state index contributed by atoms with van der Waals surface area (Å²) in [7, 11) is -4.40. The van der Waals surface area contributed by atoms with Gasteiger partial charge in [0.2, 0.25) is 5.96 Å². The van der Waals surface area contributed by atoms with Gasteiger partial charge < -0.3 is 22.3 Å². The zero-order valence-corrected chi connectivity index (χ0v) is 9.79. The topological polar surface area (TPSA) is 177 Å². The Kier molecular flexibility index (Phi) is 3.73. The molecule has 1 aromatic rings. The lowest BCUT2D eigenvalue weighted by atomic mass is 10.3. The van der Waals surface area contributed by atoms with Crippen LogP contribution in [0.1, 0.15) is 0 Å². The van der Waals surface area contributed by atoms with Crippen molar-refractivity contribution in [2.24, 2.45) is 27.2 Å². The molecule has 9 nitrogen and oxygen atoms in total. The van der Waals surface area contributed by atoms with E-state index in [0.717, 1.165) is 18.2 Å². The third kappa shape index (κ3) is 3.61. The molecule has 10 heteroatoms. The van der Waals surface area contributed by atoms with Gasteiger partial charge in [0.15, 0.2) is 5.96 Å². The smallest absolute Gasteiger partial charge is 0.294 e. The van der Waals surface area contributed by atoms with Crippen molar-refractivity contribution in [2.45, 2.75) is 4.90 Å². The lowest BCUT2D eigenvalue weighted by Gasteiger charge is -2.02. The number of phenols is 1. The first-order valence-corrected chi connectivity index (χ1v) is 5.88. The molecular weight excluding hydrogens is 262 g/mol. The molecule has 0 unspecified atom stereocenters. The van der Waals surface area contributed by atoms with Gasteiger partial charge in [-0.05, 0) is 12.1 Å². The molecule has 0 aliphatic heterocycles. The zero-order chi connectivity index (χ0) is 13.9. The minimum absolute atomic E-state index is 0.0510. The number of nitrogens with two attached hydrogens (primary N) is 3. The number of guanidine groups is 2. The quantitative estimate of drug-likeness (QED) is 0.256. The normalized spacial score (nSPS) is 12.2. The molecule has 0 bridgehead atoms. The molecule has 98 valence electrons. The zero-order valence-electron chi connectivity index (χ0n) is 8.98. The summed E-state index contributed by atoms with van der Waals surface area (Å²) in [6.45, 7) is 0. The van der Waals surface area contributed by atoms with Crippen LogP contribution in [0, 0.1) is 0 Å². The van der Waals surface area contributed by atoms with Crippen molar-refractivity contribution in [1.82, 2.24) is 0 Å². The first kappa shape index (κ1) is 13.7. The van der Waals surface area contributed by atoms with E-state index < -0.39 is 20.8 Å². The largest absolute Gasteiger partial charge is 0.506 e. The summed E-state index contributed by atoms with van der Waals surface area (Å²) >= 11 is 0. The van der Waals surface area contributed by atoms with Crippen molar-refractivity contribution in [2.75, 3.05) is 0 Å². The van der Waals surface area contributed by atoms with E-state index in [1.54, 1.807) is 0 Å². The number of hydrogen-bond acceptors (Lipinski definition) is 4. The second kappa shape index (κ2) is 4.89. The van der Waals surface area contributed by atoms with Gasteiger partial charge in [-0.3, -0.25) is 4.55 Å². The van der Waals surface area contributed by atoms with Crippen molar-refractivity contribution < 1.29 is 18.1 Å². The molecule has 0 fully saturated rings.